The van der Waals surface area contributed by atoms with Gasteiger partial charge in [-0.15, -0.1) is 0 Å². The van der Waals surface area contributed by atoms with E-state index < -0.39 is 68.7 Å². The average Bonchev–Trinajstić information content (AvgIpc) is 3.86. The van der Waals surface area contributed by atoms with E-state index in [2.05, 4.69) is 29.8 Å². The van der Waals surface area contributed by atoms with Crippen LogP contribution in [0.3, 0.4) is 0 Å². The number of ether oxygens (including phenoxy) is 2. The molecule has 4 aliphatic heterocycles. The molecule has 0 saturated carbocycles. The molecule has 66 heavy (non-hydrogen) atoms. The first-order valence-corrected chi connectivity index (χ1v) is 22.5. The number of hydrogen-bond acceptors (Lipinski definition) is 14. The molecule has 2 aromatic heterocycles. The molecule has 22 heteroatoms. The Kier molecular flexibility index (Phi) is 11.9. The van der Waals surface area contributed by atoms with Crippen molar-refractivity contribution < 1.29 is 45.9 Å². The zero-order chi connectivity index (χ0) is 46.3. The minimum absolute atomic E-state index is 0.0217. The monoisotopic (exact) mass is 922 g/mol. The number of carbonyl (C=O) groups excluding carboxylic acids is 4. The largest absolute Gasteiger partial charge is 0.494 e. The summed E-state index contributed by atoms with van der Waals surface area (Å²) in [5.74, 6) is -2.70. The van der Waals surface area contributed by atoms with Gasteiger partial charge in [0, 0.05) is 52.2 Å². The van der Waals surface area contributed by atoms with Crippen LogP contribution in [0.5, 0.6) is 17.2 Å². The standard InChI is InChI=1S/C44H40F2N10O9S/c45-26-12-14-54(24-26)66(62,63)51-36-8-6-34(46)40(33(36)22-47)65-29-4-7-35-32(21-29)42(59)55(25-49-35)27-2-10-38(48-23-27)53-17-15-52(16-18-53)13-1-19-64-28-3-5-30-31(20-28)44(61)56(43(30)60)37-9-11-39(57)50-41(37)58/h2-8,10,20-21,23,25-26,37,51H,1,9,11-19,24H2,(H,50,57,58)/t26-,37?/m1/s1. The number of halogens is 2. The molecule has 3 fully saturated rings. The van der Waals surface area contributed by atoms with Crippen molar-refractivity contribution in [2.24, 2.45) is 0 Å². The predicted molar refractivity (Wildman–Crippen MR) is 232 cm³/mol. The first-order chi connectivity index (χ1) is 31.8. The summed E-state index contributed by atoms with van der Waals surface area (Å²) in [7, 11) is -4.26. The second-order valence-corrected chi connectivity index (χ2v) is 17.7. The van der Waals surface area contributed by atoms with Gasteiger partial charge in [0.15, 0.2) is 11.6 Å². The van der Waals surface area contributed by atoms with Gasteiger partial charge in [-0.2, -0.15) is 18.0 Å². The van der Waals surface area contributed by atoms with E-state index >= 15 is 4.39 Å². The number of piperidine rings is 1. The number of pyridine rings is 1. The number of nitriles is 1. The lowest BCUT2D eigenvalue weighted by molar-refractivity contribution is -0.136. The zero-order valence-corrected chi connectivity index (χ0v) is 35.8. The predicted octanol–water partition coefficient (Wildman–Crippen LogP) is 3.28. The fourth-order valence-corrected chi connectivity index (χ4v) is 9.64. The minimum atomic E-state index is -4.26. The molecule has 3 aromatic carbocycles. The van der Waals surface area contributed by atoms with E-state index in [-0.39, 0.29) is 60.3 Å². The number of nitrogens with zero attached hydrogens (tertiary/aromatic N) is 8. The lowest BCUT2D eigenvalue weighted by atomic mass is 10.0. The molecule has 340 valence electrons. The molecule has 0 bridgehead atoms. The van der Waals surface area contributed by atoms with E-state index in [9.17, 15) is 42.0 Å². The van der Waals surface area contributed by atoms with E-state index in [0.717, 1.165) is 41.0 Å². The number of piperazine rings is 1. The highest BCUT2D eigenvalue weighted by atomic mass is 32.2. The van der Waals surface area contributed by atoms with Crippen LogP contribution in [0.15, 0.2) is 78.0 Å². The Balaban J connectivity index is 0.788. The van der Waals surface area contributed by atoms with Crippen LogP contribution in [0, 0.1) is 17.1 Å². The number of fused-ring (bicyclic) bond motifs is 2. The van der Waals surface area contributed by atoms with Gasteiger partial charge in [0.1, 0.15) is 47.5 Å². The average molecular weight is 923 g/mol. The Morgan fingerprint density at radius 3 is 2.41 bits per heavy atom. The maximum Gasteiger partial charge on any atom is 0.301 e. The first-order valence-electron chi connectivity index (χ1n) is 21.0. The Labute approximate surface area is 375 Å². The second kappa shape index (κ2) is 17.9. The van der Waals surface area contributed by atoms with E-state index in [4.69, 9.17) is 9.47 Å². The van der Waals surface area contributed by atoms with Crippen molar-refractivity contribution in [3.05, 3.63) is 106 Å². The minimum Gasteiger partial charge on any atom is -0.494 e. The number of aromatic nitrogens is 3. The van der Waals surface area contributed by atoms with E-state index in [1.165, 1.54) is 41.2 Å². The van der Waals surface area contributed by atoms with Gasteiger partial charge in [0.25, 0.3) is 17.4 Å². The van der Waals surface area contributed by atoms with E-state index in [1.807, 2.05) is 0 Å². The van der Waals surface area contributed by atoms with Crippen LogP contribution in [0.2, 0.25) is 0 Å². The van der Waals surface area contributed by atoms with Gasteiger partial charge in [-0.25, -0.2) is 18.7 Å². The molecule has 9 rings (SSSR count). The van der Waals surface area contributed by atoms with Crippen LogP contribution in [-0.4, -0.2) is 125 Å². The Morgan fingerprint density at radius 2 is 1.68 bits per heavy atom. The zero-order valence-electron chi connectivity index (χ0n) is 35.0. The van der Waals surface area contributed by atoms with Crippen molar-refractivity contribution in [1.29, 1.82) is 5.26 Å². The molecule has 2 atom stereocenters. The van der Waals surface area contributed by atoms with Gasteiger partial charge in [-0.05, 0) is 79.9 Å². The summed E-state index contributed by atoms with van der Waals surface area (Å²) in [6.07, 6.45) is 2.43. The summed E-state index contributed by atoms with van der Waals surface area (Å²) < 4.78 is 70.8. The molecule has 6 heterocycles. The number of amides is 4. The van der Waals surface area contributed by atoms with Crippen molar-refractivity contribution in [1.82, 2.24) is 34.0 Å². The van der Waals surface area contributed by atoms with Crippen LogP contribution in [-0.2, 0) is 19.8 Å². The van der Waals surface area contributed by atoms with Gasteiger partial charge in [-0.1, -0.05) is 0 Å². The fraction of sp³-hybridized carbons (Fsp3) is 0.318. The quantitative estimate of drug-likeness (QED) is 0.128. The molecule has 5 aromatic rings. The summed E-state index contributed by atoms with van der Waals surface area (Å²) in [4.78, 5) is 78.2. The Morgan fingerprint density at radius 1 is 0.894 bits per heavy atom. The van der Waals surface area contributed by atoms with Crippen LogP contribution >= 0.6 is 0 Å². The van der Waals surface area contributed by atoms with Crippen LogP contribution in [0.25, 0.3) is 16.6 Å². The molecule has 1 unspecified atom stereocenters. The third kappa shape index (κ3) is 8.62. The highest BCUT2D eigenvalue weighted by Crippen LogP contribution is 2.35. The number of imide groups is 2. The molecule has 19 nitrogen and oxygen atoms in total. The van der Waals surface area contributed by atoms with Crippen molar-refractivity contribution in [2.75, 3.05) is 62.0 Å². The number of anilines is 2. The molecule has 4 aliphatic rings. The molecule has 3 saturated heterocycles. The summed E-state index contributed by atoms with van der Waals surface area (Å²) in [5.41, 5.74) is -0.106. The summed E-state index contributed by atoms with van der Waals surface area (Å²) in [6, 6.07) is 15.2. The SMILES string of the molecule is N#Cc1c(NS(=O)(=O)N2CC[C@@H](F)C2)ccc(F)c1Oc1ccc2ncn(-c3ccc(N4CCN(CCCOc5ccc6c(c5)C(=O)N(C5CCC(=O)NC5=O)C6=O)CC4)nc3)c(=O)c2c1. The molecule has 0 radical (unpaired) electrons. The van der Waals surface area contributed by atoms with E-state index in [1.54, 1.807) is 30.5 Å². The highest BCUT2D eigenvalue weighted by Gasteiger charge is 2.45. The maximum absolute atomic E-state index is 15.1. The molecular weight excluding hydrogens is 883 g/mol. The number of hydrogen-bond donors (Lipinski definition) is 2. The first kappa shape index (κ1) is 43.9. The fourth-order valence-electron chi connectivity index (χ4n) is 8.36. The highest BCUT2D eigenvalue weighted by molar-refractivity contribution is 7.90. The summed E-state index contributed by atoms with van der Waals surface area (Å²) in [6.45, 7) is 3.61. The number of benzene rings is 3. The van der Waals surface area contributed by atoms with Gasteiger partial charge >= 0.3 is 10.2 Å². The number of nitrogens with one attached hydrogen (secondary N) is 2. The topological polar surface area (TPSA) is 229 Å². The van der Waals surface area contributed by atoms with Crippen molar-refractivity contribution in [3.8, 4) is 29.0 Å². The normalized spacial score (nSPS) is 19.2. The molecule has 0 spiro atoms. The summed E-state index contributed by atoms with van der Waals surface area (Å²) >= 11 is 0. The smallest absolute Gasteiger partial charge is 0.301 e. The van der Waals surface area contributed by atoms with Crippen LogP contribution < -0.4 is 30.0 Å². The maximum atomic E-state index is 15.1. The number of alkyl halides is 1. The molecule has 4 amide bonds. The van der Waals surface area contributed by atoms with Gasteiger partial charge in [0.2, 0.25) is 11.8 Å². The van der Waals surface area contributed by atoms with Gasteiger partial charge in [0.05, 0.1) is 46.2 Å². The molecule has 2 N–H and O–H groups in total. The lowest BCUT2D eigenvalue weighted by Crippen LogP contribution is -2.54. The van der Waals surface area contributed by atoms with Crippen molar-refractivity contribution in [3.63, 3.8) is 0 Å². The molecule has 0 aliphatic carbocycles. The van der Waals surface area contributed by atoms with Crippen molar-refractivity contribution in [2.45, 2.75) is 37.9 Å². The Hall–Kier alpha value is -7.35. The second-order valence-electron chi connectivity index (χ2n) is 16.0. The number of carbonyl (C=O) groups is 4. The summed E-state index contributed by atoms with van der Waals surface area (Å²) in [5, 5.41) is 12.2. The van der Waals surface area contributed by atoms with Gasteiger partial charge < -0.3 is 14.4 Å². The third-order valence-electron chi connectivity index (χ3n) is 11.8. The third-order valence-corrected chi connectivity index (χ3v) is 13.3. The van der Waals surface area contributed by atoms with Crippen LogP contribution in [0.4, 0.5) is 20.3 Å². The molecular formula is C44H40F2N10O9S. The van der Waals surface area contributed by atoms with E-state index in [0.29, 0.717) is 48.9 Å². The Bertz CT molecular complexity index is 3010. The van der Waals surface area contributed by atoms with Gasteiger partial charge in [-0.3, -0.25) is 48.4 Å². The number of rotatable bonds is 13. The lowest BCUT2D eigenvalue weighted by Gasteiger charge is -2.35. The van der Waals surface area contributed by atoms with Crippen molar-refractivity contribution >= 4 is 56.2 Å². The van der Waals surface area contributed by atoms with Crippen LogP contribution in [0.1, 0.15) is 52.0 Å².